The van der Waals surface area contributed by atoms with Crippen molar-refractivity contribution in [3.63, 3.8) is 0 Å². The van der Waals surface area contributed by atoms with Gasteiger partial charge < -0.3 is 18.6 Å². The van der Waals surface area contributed by atoms with Crippen molar-refractivity contribution in [2.24, 2.45) is 0 Å². The zero-order valence-corrected chi connectivity index (χ0v) is 17.4. The van der Waals surface area contributed by atoms with E-state index >= 15 is 0 Å². The van der Waals surface area contributed by atoms with Crippen molar-refractivity contribution in [2.75, 3.05) is 7.11 Å². The summed E-state index contributed by atoms with van der Waals surface area (Å²) in [7, 11) is 1.46. The second kappa shape index (κ2) is 8.67. The van der Waals surface area contributed by atoms with Crippen LogP contribution in [0.5, 0.6) is 23.1 Å². The third-order valence-corrected chi connectivity index (χ3v) is 4.66. The van der Waals surface area contributed by atoms with Gasteiger partial charge in [0, 0.05) is 11.6 Å². The molecule has 2 aromatic carbocycles. The summed E-state index contributed by atoms with van der Waals surface area (Å²) in [5.74, 6) is 0.335. The average molecular weight is 458 g/mol. The van der Waals surface area contributed by atoms with Crippen molar-refractivity contribution in [2.45, 2.75) is 0 Å². The molecule has 0 aliphatic carbocycles. The zero-order chi connectivity index (χ0) is 22.0. The molecular formula is C22H13Cl2NO6. The molecule has 0 amide bonds. The summed E-state index contributed by atoms with van der Waals surface area (Å²) in [6, 6.07) is 14.1. The smallest absolute Gasteiger partial charge is 0.351 e. The van der Waals surface area contributed by atoms with Crippen LogP contribution in [-0.4, -0.2) is 18.1 Å². The first-order chi connectivity index (χ1) is 14.9. The van der Waals surface area contributed by atoms with Gasteiger partial charge in [0.15, 0.2) is 11.3 Å². The molecule has 7 nitrogen and oxygen atoms in total. The molecule has 0 bridgehead atoms. The highest BCUT2D eigenvalue weighted by Crippen LogP contribution is 2.30. The number of benzene rings is 2. The minimum absolute atomic E-state index is 0.181. The van der Waals surface area contributed by atoms with Crippen molar-refractivity contribution >= 4 is 40.1 Å². The van der Waals surface area contributed by atoms with Gasteiger partial charge in [-0.05, 0) is 42.5 Å². The number of rotatable bonds is 5. The summed E-state index contributed by atoms with van der Waals surface area (Å²) >= 11 is 11.8. The number of methoxy groups -OCH3 is 1. The Labute approximate surface area is 185 Å². The van der Waals surface area contributed by atoms with E-state index in [1.807, 2.05) is 0 Å². The van der Waals surface area contributed by atoms with E-state index in [1.165, 1.54) is 37.6 Å². The van der Waals surface area contributed by atoms with Crippen molar-refractivity contribution in [1.29, 1.82) is 0 Å². The Morgan fingerprint density at radius 1 is 1.03 bits per heavy atom. The average Bonchev–Trinajstić information content (AvgIpc) is 2.76. The van der Waals surface area contributed by atoms with Crippen LogP contribution in [-0.2, 0) is 0 Å². The third-order valence-electron chi connectivity index (χ3n) is 4.19. The number of nitrogens with zero attached hydrogens (tertiary/aromatic N) is 1. The van der Waals surface area contributed by atoms with Gasteiger partial charge in [-0.1, -0.05) is 35.3 Å². The quantitative estimate of drug-likeness (QED) is 0.221. The van der Waals surface area contributed by atoms with Crippen LogP contribution in [0.1, 0.15) is 10.4 Å². The Kier molecular flexibility index (Phi) is 5.79. The lowest BCUT2D eigenvalue weighted by Gasteiger charge is -2.08. The Morgan fingerprint density at radius 2 is 1.77 bits per heavy atom. The van der Waals surface area contributed by atoms with Crippen LogP contribution < -0.4 is 19.8 Å². The van der Waals surface area contributed by atoms with Crippen LogP contribution in [0.15, 0.2) is 70.0 Å². The summed E-state index contributed by atoms with van der Waals surface area (Å²) in [4.78, 5) is 28.8. The second-order valence-corrected chi connectivity index (χ2v) is 7.07. The number of aromatic nitrogens is 1. The molecule has 0 spiro atoms. The molecule has 0 aliphatic heterocycles. The standard InChI is InChI=1S/C22H13Cl2NO6/c1-28-18-4-2-3-12-9-16(22(27)31-19(12)18)21(26)30-15-7-5-14(6-8-15)29-20-17(24)10-13(23)11-25-20/h2-11H,1H3. The monoisotopic (exact) mass is 457 g/mol. The van der Waals surface area contributed by atoms with Crippen molar-refractivity contribution < 1.29 is 23.4 Å². The van der Waals surface area contributed by atoms with Crippen LogP contribution >= 0.6 is 23.2 Å². The highest BCUT2D eigenvalue weighted by Gasteiger charge is 2.18. The molecule has 4 aromatic rings. The van der Waals surface area contributed by atoms with Gasteiger partial charge in [-0.3, -0.25) is 0 Å². The number of hydrogen-bond acceptors (Lipinski definition) is 7. The highest BCUT2D eigenvalue weighted by molar-refractivity contribution is 6.35. The number of pyridine rings is 1. The number of carbonyl (C=O) groups excluding carboxylic acids is 1. The second-order valence-electron chi connectivity index (χ2n) is 6.23. The van der Waals surface area contributed by atoms with Crippen molar-refractivity contribution in [1.82, 2.24) is 4.98 Å². The number of hydrogen-bond donors (Lipinski definition) is 0. The molecule has 4 rings (SSSR count). The van der Waals surface area contributed by atoms with Gasteiger partial charge in [0.1, 0.15) is 22.1 Å². The number of carbonyl (C=O) groups is 1. The maximum Gasteiger partial charge on any atom is 0.351 e. The minimum Gasteiger partial charge on any atom is -0.493 e. The molecule has 0 unspecified atom stereocenters. The summed E-state index contributed by atoms with van der Waals surface area (Å²) in [5, 5.41) is 1.17. The van der Waals surface area contributed by atoms with Crippen LogP contribution in [0, 0.1) is 0 Å². The number of halogens is 2. The summed E-state index contributed by atoms with van der Waals surface area (Å²) in [6.45, 7) is 0. The van der Waals surface area contributed by atoms with Crippen LogP contribution in [0.2, 0.25) is 10.0 Å². The first-order valence-electron chi connectivity index (χ1n) is 8.86. The van der Waals surface area contributed by atoms with Crippen LogP contribution in [0.3, 0.4) is 0 Å². The van der Waals surface area contributed by atoms with Gasteiger partial charge in [-0.25, -0.2) is 14.6 Å². The molecule has 0 N–H and O–H groups in total. The fraction of sp³-hybridized carbons (Fsp3) is 0.0455. The Morgan fingerprint density at radius 3 is 2.48 bits per heavy atom. The lowest BCUT2D eigenvalue weighted by Crippen LogP contribution is -2.18. The van der Waals surface area contributed by atoms with E-state index < -0.39 is 11.6 Å². The predicted octanol–water partition coefficient (Wildman–Crippen LogP) is 5.51. The van der Waals surface area contributed by atoms with E-state index in [0.29, 0.717) is 21.9 Å². The number of fused-ring (bicyclic) bond motifs is 1. The van der Waals surface area contributed by atoms with Gasteiger partial charge >= 0.3 is 11.6 Å². The van der Waals surface area contributed by atoms with Gasteiger partial charge in [0.2, 0.25) is 5.88 Å². The van der Waals surface area contributed by atoms with E-state index in [4.69, 9.17) is 41.8 Å². The SMILES string of the molecule is COc1cccc2cc(C(=O)Oc3ccc(Oc4ncc(Cl)cc4Cl)cc3)c(=O)oc12. The molecule has 0 saturated heterocycles. The first-order valence-corrected chi connectivity index (χ1v) is 9.62. The maximum atomic E-state index is 12.5. The Hall–Kier alpha value is -3.55. The van der Waals surface area contributed by atoms with Gasteiger partial charge in [0.25, 0.3) is 0 Å². The molecule has 0 radical (unpaired) electrons. The fourth-order valence-corrected chi connectivity index (χ4v) is 3.17. The lowest BCUT2D eigenvalue weighted by molar-refractivity contribution is 0.0730. The van der Waals surface area contributed by atoms with Gasteiger partial charge in [-0.2, -0.15) is 0 Å². The number of ether oxygens (including phenoxy) is 3. The maximum absolute atomic E-state index is 12.5. The van der Waals surface area contributed by atoms with E-state index in [0.717, 1.165) is 0 Å². The normalized spacial score (nSPS) is 10.7. The molecular weight excluding hydrogens is 445 g/mol. The number of para-hydroxylation sites is 1. The van der Waals surface area contributed by atoms with Gasteiger partial charge in [-0.15, -0.1) is 0 Å². The Balaban J connectivity index is 1.52. The summed E-state index contributed by atoms with van der Waals surface area (Å²) in [5.41, 5.74) is -0.814. The zero-order valence-electron chi connectivity index (χ0n) is 15.9. The number of esters is 1. The molecule has 2 aromatic heterocycles. The van der Waals surface area contributed by atoms with Crippen LogP contribution in [0.4, 0.5) is 0 Å². The topological polar surface area (TPSA) is 87.9 Å². The molecule has 0 saturated carbocycles. The lowest BCUT2D eigenvalue weighted by atomic mass is 10.2. The van der Waals surface area contributed by atoms with Crippen molar-refractivity contribution in [3.8, 4) is 23.1 Å². The third kappa shape index (κ3) is 4.47. The molecule has 31 heavy (non-hydrogen) atoms. The van der Waals surface area contributed by atoms with E-state index in [9.17, 15) is 9.59 Å². The minimum atomic E-state index is -0.852. The predicted molar refractivity (Wildman–Crippen MR) is 115 cm³/mol. The molecule has 0 aliphatic rings. The van der Waals surface area contributed by atoms with Crippen molar-refractivity contribution in [3.05, 3.63) is 86.8 Å². The molecule has 0 fully saturated rings. The molecule has 9 heteroatoms. The Bertz CT molecular complexity index is 1330. The van der Waals surface area contributed by atoms with E-state index in [-0.39, 0.29) is 27.8 Å². The summed E-state index contributed by atoms with van der Waals surface area (Å²) < 4.78 is 21.3. The highest BCUT2D eigenvalue weighted by atomic mass is 35.5. The summed E-state index contributed by atoms with van der Waals surface area (Å²) in [6.07, 6.45) is 1.41. The first kappa shape index (κ1) is 20.7. The molecule has 2 heterocycles. The molecule has 0 atom stereocenters. The largest absolute Gasteiger partial charge is 0.493 e. The van der Waals surface area contributed by atoms with E-state index in [1.54, 1.807) is 30.3 Å². The molecule has 156 valence electrons. The van der Waals surface area contributed by atoms with E-state index in [2.05, 4.69) is 4.98 Å². The van der Waals surface area contributed by atoms with Crippen LogP contribution in [0.25, 0.3) is 11.0 Å². The fourth-order valence-electron chi connectivity index (χ4n) is 2.75. The van der Waals surface area contributed by atoms with Gasteiger partial charge in [0.05, 0.1) is 12.1 Å².